The molecule has 0 aliphatic heterocycles. The van der Waals surface area contributed by atoms with Crippen molar-refractivity contribution < 1.29 is 14.7 Å². The molecule has 1 aromatic carbocycles. The van der Waals surface area contributed by atoms with Crippen molar-refractivity contribution in [1.29, 1.82) is 0 Å². The Morgan fingerprint density at radius 3 is 2.57 bits per heavy atom. The van der Waals surface area contributed by atoms with Crippen LogP contribution in [0.5, 0.6) is 0 Å². The summed E-state index contributed by atoms with van der Waals surface area (Å²) in [4.78, 5) is 20.9. The van der Waals surface area contributed by atoms with Crippen molar-refractivity contribution in [1.82, 2.24) is 5.32 Å². The van der Waals surface area contributed by atoms with Gasteiger partial charge in [0.15, 0.2) is 0 Å². The van der Waals surface area contributed by atoms with E-state index in [2.05, 4.69) is 5.32 Å². The van der Waals surface area contributed by atoms with Crippen LogP contribution < -0.4 is 5.32 Å². The molecule has 1 unspecified atom stereocenters. The topological polar surface area (TPSA) is 66.4 Å². The Balaban J connectivity index is 2.78. The Bertz CT molecular complexity index is 310. The molecule has 1 aromatic rings. The molecule has 74 valence electrons. The SMILES string of the molecule is O=CCNC(C(=O)O)c1ccccc1. The standard InChI is InChI=1S/C10H11NO3/c12-7-6-11-9(10(13)14)8-4-2-1-3-5-8/h1-5,7,9,11H,6H2,(H,13,14). The maximum atomic E-state index is 10.8. The molecule has 0 bridgehead atoms. The Labute approximate surface area is 81.6 Å². The van der Waals surface area contributed by atoms with Gasteiger partial charge in [0.2, 0.25) is 0 Å². The molecule has 4 nitrogen and oxygen atoms in total. The molecule has 0 aliphatic carbocycles. The van der Waals surface area contributed by atoms with Crippen LogP contribution in [0.1, 0.15) is 11.6 Å². The van der Waals surface area contributed by atoms with Crippen LogP contribution in [0.2, 0.25) is 0 Å². The van der Waals surface area contributed by atoms with Crippen molar-refractivity contribution in [2.24, 2.45) is 0 Å². The summed E-state index contributed by atoms with van der Waals surface area (Å²) in [5.41, 5.74) is 0.641. The predicted octanol–water partition coefficient (Wildman–Crippen LogP) is 0.601. The minimum Gasteiger partial charge on any atom is -0.480 e. The Hall–Kier alpha value is -1.68. The summed E-state index contributed by atoms with van der Waals surface area (Å²) in [6, 6.07) is 7.92. The van der Waals surface area contributed by atoms with E-state index in [-0.39, 0.29) is 6.54 Å². The maximum absolute atomic E-state index is 10.8. The number of carboxylic acids is 1. The fourth-order valence-corrected chi connectivity index (χ4v) is 1.16. The molecule has 4 heteroatoms. The monoisotopic (exact) mass is 193 g/mol. The van der Waals surface area contributed by atoms with E-state index in [1.165, 1.54) is 0 Å². The first-order chi connectivity index (χ1) is 6.75. The number of rotatable bonds is 5. The van der Waals surface area contributed by atoms with Crippen LogP contribution in [-0.2, 0) is 9.59 Å². The van der Waals surface area contributed by atoms with Gasteiger partial charge >= 0.3 is 5.97 Å². The summed E-state index contributed by atoms with van der Waals surface area (Å²) in [6.07, 6.45) is 0.638. The van der Waals surface area contributed by atoms with Crippen LogP contribution in [-0.4, -0.2) is 23.9 Å². The van der Waals surface area contributed by atoms with Crippen molar-refractivity contribution in [2.45, 2.75) is 6.04 Å². The largest absolute Gasteiger partial charge is 0.480 e. The highest BCUT2D eigenvalue weighted by Gasteiger charge is 2.17. The van der Waals surface area contributed by atoms with Crippen LogP contribution in [0.3, 0.4) is 0 Å². The molecule has 14 heavy (non-hydrogen) atoms. The van der Waals surface area contributed by atoms with Crippen molar-refractivity contribution in [2.75, 3.05) is 6.54 Å². The van der Waals surface area contributed by atoms with Crippen LogP contribution in [0, 0.1) is 0 Å². The van der Waals surface area contributed by atoms with Gasteiger partial charge in [-0.2, -0.15) is 0 Å². The Morgan fingerprint density at radius 2 is 2.07 bits per heavy atom. The fourth-order valence-electron chi connectivity index (χ4n) is 1.16. The number of hydrogen-bond donors (Lipinski definition) is 2. The third kappa shape index (κ3) is 2.67. The van der Waals surface area contributed by atoms with Gasteiger partial charge in [0, 0.05) is 0 Å². The third-order valence-electron chi connectivity index (χ3n) is 1.79. The van der Waals surface area contributed by atoms with Crippen LogP contribution in [0.4, 0.5) is 0 Å². The molecule has 0 aromatic heterocycles. The minimum absolute atomic E-state index is 0.0336. The first kappa shape index (κ1) is 10.4. The molecule has 0 saturated carbocycles. The van der Waals surface area contributed by atoms with E-state index in [4.69, 9.17) is 5.11 Å². The van der Waals surface area contributed by atoms with Crippen molar-refractivity contribution in [3.63, 3.8) is 0 Å². The molecule has 0 spiro atoms. The van der Waals surface area contributed by atoms with Crippen molar-refractivity contribution in [3.8, 4) is 0 Å². The number of aldehydes is 1. The van der Waals surface area contributed by atoms with Gasteiger partial charge in [0.25, 0.3) is 0 Å². The molecule has 1 atom stereocenters. The number of carboxylic acid groups (broad SMARTS) is 1. The van der Waals surface area contributed by atoms with Crippen LogP contribution in [0.25, 0.3) is 0 Å². The number of aliphatic carboxylic acids is 1. The molecule has 2 N–H and O–H groups in total. The highest BCUT2D eigenvalue weighted by molar-refractivity contribution is 5.76. The summed E-state index contributed by atoms with van der Waals surface area (Å²) in [7, 11) is 0. The quantitative estimate of drug-likeness (QED) is 0.672. The van der Waals surface area contributed by atoms with E-state index in [0.717, 1.165) is 0 Å². The molecule has 0 saturated heterocycles. The first-order valence-electron chi connectivity index (χ1n) is 4.20. The van der Waals surface area contributed by atoms with E-state index in [1.54, 1.807) is 24.3 Å². The lowest BCUT2D eigenvalue weighted by molar-refractivity contribution is -0.139. The zero-order valence-electron chi connectivity index (χ0n) is 7.51. The van der Waals surface area contributed by atoms with Gasteiger partial charge in [-0.1, -0.05) is 30.3 Å². The van der Waals surface area contributed by atoms with Crippen molar-refractivity contribution in [3.05, 3.63) is 35.9 Å². The second kappa shape index (κ2) is 5.14. The maximum Gasteiger partial charge on any atom is 0.325 e. The summed E-state index contributed by atoms with van der Waals surface area (Å²) >= 11 is 0. The lowest BCUT2D eigenvalue weighted by atomic mass is 10.1. The van der Waals surface area contributed by atoms with Gasteiger partial charge in [-0.15, -0.1) is 0 Å². The predicted molar refractivity (Wildman–Crippen MR) is 50.9 cm³/mol. The van der Waals surface area contributed by atoms with Crippen molar-refractivity contribution >= 4 is 12.3 Å². The van der Waals surface area contributed by atoms with Crippen LogP contribution in [0.15, 0.2) is 30.3 Å². The molecule has 0 heterocycles. The zero-order valence-corrected chi connectivity index (χ0v) is 7.51. The summed E-state index contributed by atoms with van der Waals surface area (Å²) in [6.45, 7) is 0.0336. The zero-order chi connectivity index (χ0) is 10.4. The summed E-state index contributed by atoms with van der Waals surface area (Å²) in [5, 5.41) is 11.5. The van der Waals surface area contributed by atoms with Gasteiger partial charge < -0.3 is 9.90 Å². The van der Waals surface area contributed by atoms with E-state index < -0.39 is 12.0 Å². The molecule has 0 aliphatic rings. The lowest BCUT2D eigenvalue weighted by Crippen LogP contribution is -2.29. The molecule has 0 amide bonds. The second-order valence-corrected chi connectivity index (χ2v) is 2.76. The van der Waals surface area contributed by atoms with Crippen LogP contribution >= 0.6 is 0 Å². The smallest absolute Gasteiger partial charge is 0.325 e. The molecule has 0 radical (unpaired) electrons. The Kier molecular flexibility index (Phi) is 3.82. The molecular weight excluding hydrogens is 182 g/mol. The van der Waals surface area contributed by atoms with Gasteiger partial charge in [-0.3, -0.25) is 10.1 Å². The summed E-state index contributed by atoms with van der Waals surface area (Å²) in [5.74, 6) is -0.988. The van der Waals surface area contributed by atoms with Gasteiger partial charge in [-0.05, 0) is 5.56 Å². The number of carbonyl (C=O) groups excluding carboxylic acids is 1. The number of benzene rings is 1. The lowest BCUT2D eigenvalue weighted by Gasteiger charge is -2.12. The molecular formula is C10H11NO3. The average molecular weight is 193 g/mol. The second-order valence-electron chi connectivity index (χ2n) is 2.76. The number of hydrogen-bond acceptors (Lipinski definition) is 3. The molecule has 1 rings (SSSR count). The highest BCUT2D eigenvalue weighted by atomic mass is 16.4. The molecule has 0 fully saturated rings. The van der Waals surface area contributed by atoms with E-state index in [0.29, 0.717) is 11.8 Å². The number of nitrogens with one attached hydrogen (secondary N) is 1. The van der Waals surface area contributed by atoms with Gasteiger partial charge in [-0.25, -0.2) is 0 Å². The third-order valence-corrected chi connectivity index (χ3v) is 1.79. The fraction of sp³-hybridized carbons (Fsp3) is 0.200. The highest BCUT2D eigenvalue weighted by Crippen LogP contribution is 2.11. The summed E-state index contributed by atoms with van der Waals surface area (Å²) < 4.78 is 0. The first-order valence-corrected chi connectivity index (χ1v) is 4.20. The normalized spacial score (nSPS) is 12.0. The van der Waals surface area contributed by atoms with Gasteiger partial charge in [0.05, 0.1) is 6.54 Å². The van der Waals surface area contributed by atoms with E-state index >= 15 is 0 Å². The average Bonchev–Trinajstić information content (AvgIpc) is 2.19. The Morgan fingerprint density at radius 1 is 1.43 bits per heavy atom. The van der Waals surface area contributed by atoms with E-state index in [1.807, 2.05) is 6.07 Å². The number of carbonyl (C=O) groups is 2. The minimum atomic E-state index is -0.988. The van der Waals surface area contributed by atoms with E-state index in [9.17, 15) is 9.59 Å². The van der Waals surface area contributed by atoms with Gasteiger partial charge in [0.1, 0.15) is 12.3 Å².